The Labute approximate surface area is 156 Å². The lowest BCUT2D eigenvalue weighted by Gasteiger charge is -2.25. The molecular formula is C15H31IN4OS. The number of nitrogens with one attached hydrogen (secondary N) is 2. The normalized spacial score (nSPS) is 33.1. The monoisotopic (exact) mass is 442 g/mol. The summed E-state index contributed by atoms with van der Waals surface area (Å²) in [5.41, 5.74) is -0.576. The van der Waals surface area contributed by atoms with E-state index in [9.17, 15) is 5.11 Å². The fourth-order valence-electron chi connectivity index (χ4n) is 2.97. The fourth-order valence-corrected chi connectivity index (χ4v) is 4.26. The predicted molar refractivity (Wildman–Crippen MR) is 106 cm³/mol. The van der Waals surface area contributed by atoms with Crippen LogP contribution in [0.5, 0.6) is 0 Å². The maximum Gasteiger partial charge on any atom is 0.191 e. The maximum atomic E-state index is 10.4. The minimum Gasteiger partial charge on any atom is -0.387 e. The quantitative estimate of drug-likeness (QED) is 0.349. The third-order valence-corrected chi connectivity index (χ3v) is 5.82. The minimum atomic E-state index is -0.576. The van der Waals surface area contributed by atoms with E-state index in [1.807, 2.05) is 11.8 Å². The molecule has 0 spiro atoms. The summed E-state index contributed by atoms with van der Waals surface area (Å²) in [7, 11) is 1.79. The lowest BCUT2D eigenvalue weighted by molar-refractivity contribution is 0.0723. The van der Waals surface area contributed by atoms with E-state index in [-0.39, 0.29) is 24.0 Å². The first-order valence-corrected chi connectivity index (χ1v) is 9.10. The average Bonchev–Trinajstić information content (AvgIpc) is 3.02. The Hall–Kier alpha value is 0.270. The SMILES string of the molecule is CN=C(NCC1(O)CCSC1)NC1CN(C(C)C)CC1C.I. The van der Waals surface area contributed by atoms with Gasteiger partial charge in [-0.1, -0.05) is 6.92 Å². The molecule has 7 heteroatoms. The van der Waals surface area contributed by atoms with Gasteiger partial charge in [0.25, 0.3) is 0 Å². The zero-order valence-corrected chi connectivity index (χ0v) is 17.3. The number of halogens is 1. The summed E-state index contributed by atoms with van der Waals surface area (Å²) in [4.78, 5) is 6.80. The van der Waals surface area contributed by atoms with Gasteiger partial charge in [0.1, 0.15) is 0 Å². The molecule has 0 radical (unpaired) electrons. The second-order valence-corrected chi connectivity index (χ2v) is 7.83. The molecule has 5 nitrogen and oxygen atoms in total. The fraction of sp³-hybridized carbons (Fsp3) is 0.933. The minimum absolute atomic E-state index is 0. The van der Waals surface area contributed by atoms with Crippen molar-refractivity contribution >= 4 is 41.7 Å². The Morgan fingerprint density at radius 3 is 2.68 bits per heavy atom. The van der Waals surface area contributed by atoms with Crippen LogP contribution in [-0.2, 0) is 0 Å². The third-order valence-electron chi connectivity index (χ3n) is 4.58. The molecule has 0 aromatic rings. The van der Waals surface area contributed by atoms with Crippen molar-refractivity contribution in [3.05, 3.63) is 0 Å². The molecule has 0 aromatic carbocycles. The zero-order valence-electron chi connectivity index (χ0n) is 14.1. The zero-order chi connectivity index (χ0) is 15.5. The highest BCUT2D eigenvalue weighted by molar-refractivity contribution is 14.0. The number of rotatable bonds is 4. The largest absolute Gasteiger partial charge is 0.387 e. The molecule has 3 unspecified atom stereocenters. The highest BCUT2D eigenvalue weighted by Gasteiger charge is 2.33. The maximum absolute atomic E-state index is 10.4. The third kappa shape index (κ3) is 5.42. The van der Waals surface area contributed by atoms with Crippen molar-refractivity contribution in [2.45, 2.75) is 44.9 Å². The molecule has 2 aliphatic rings. The van der Waals surface area contributed by atoms with E-state index in [1.165, 1.54) is 0 Å². The second-order valence-electron chi connectivity index (χ2n) is 6.73. The molecule has 130 valence electrons. The van der Waals surface area contributed by atoms with Gasteiger partial charge in [-0.2, -0.15) is 11.8 Å². The van der Waals surface area contributed by atoms with E-state index in [4.69, 9.17) is 0 Å². The number of thioether (sulfide) groups is 1. The van der Waals surface area contributed by atoms with Crippen molar-refractivity contribution in [1.82, 2.24) is 15.5 Å². The van der Waals surface area contributed by atoms with Crippen molar-refractivity contribution in [1.29, 1.82) is 0 Å². The molecule has 0 bridgehead atoms. The van der Waals surface area contributed by atoms with E-state index in [0.717, 1.165) is 37.0 Å². The Morgan fingerprint density at radius 1 is 1.45 bits per heavy atom. The van der Waals surface area contributed by atoms with Gasteiger partial charge in [0, 0.05) is 44.5 Å². The van der Waals surface area contributed by atoms with Gasteiger partial charge in [0.05, 0.1) is 5.60 Å². The molecule has 3 atom stereocenters. The van der Waals surface area contributed by atoms with Gasteiger partial charge in [-0.15, -0.1) is 24.0 Å². The number of hydrogen-bond donors (Lipinski definition) is 3. The van der Waals surface area contributed by atoms with Gasteiger partial charge < -0.3 is 15.7 Å². The number of likely N-dealkylation sites (tertiary alicyclic amines) is 1. The average molecular weight is 442 g/mol. The summed E-state index contributed by atoms with van der Waals surface area (Å²) in [5, 5.41) is 17.2. The molecule has 0 amide bonds. The van der Waals surface area contributed by atoms with Crippen LogP contribution in [0.1, 0.15) is 27.2 Å². The molecule has 2 saturated heterocycles. The van der Waals surface area contributed by atoms with Gasteiger partial charge in [0.2, 0.25) is 0 Å². The molecule has 2 fully saturated rings. The lowest BCUT2D eigenvalue weighted by Crippen LogP contribution is -2.51. The molecule has 2 heterocycles. The van der Waals surface area contributed by atoms with E-state index >= 15 is 0 Å². The summed E-state index contributed by atoms with van der Waals surface area (Å²) in [6, 6.07) is 1.01. The van der Waals surface area contributed by atoms with E-state index in [1.54, 1.807) is 7.05 Å². The first kappa shape index (κ1) is 20.3. The van der Waals surface area contributed by atoms with Gasteiger partial charge in [-0.25, -0.2) is 0 Å². The molecular weight excluding hydrogens is 411 g/mol. The van der Waals surface area contributed by atoms with E-state index < -0.39 is 5.60 Å². The van der Waals surface area contributed by atoms with Crippen LogP contribution in [0.2, 0.25) is 0 Å². The summed E-state index contributed by atoms with van der Waals surface area (Å²) >= 11 is 1.82. The van der Waals surface area contributed by atoms with Gasteiger partial charge in [-0.3, -0.25) is 9.89 Å². The van der Waals surface area contributed by atoms with Crippen LogP contribution < -0.4 is 10.6 Å². The highest BCUT2D eigenvalue weighted by Crippen LogP contribution is 2.27. The van der Waals surface area contributed by atoms with Crippen LogP contribution in [0.4, 0.5) is 0 Å². The Balaban J connectivity index is 0.00000242. The number of aliphatic imine (C=N–C) groups is 1. The van der Waals surface area contributed by atoms with Crippen LogP contribution >= 0.6 is 35.7 Å². The summed E-state index contributed by atoms with van der Waals surface area (Å²) in [5.74, 6) is 3.28. The van der Waals surface area contributed by atoms with Crippen molar-refractivity contribution in [3.63, 3.8) is 0 Å². The molecule has 0 saturated carbocycles. The predicted octanol–water partition coefficient (Wildman–Crippen LogP) is 1.37. The van der Waals surface area contributed by atoms with Crippen molar-refractivity contribution in [2.75, 3.05) is 38.2 Å². The first-order valence-electron chi connectivity index (χ1n) is 7.95. The first-order chi connectivity index (χ1) is 9.93. The van der Waals surface area contributed by atoms with Gasteiger partial charge in [0.15, 0.2) is 5.96 Å². The van der Waals surface area contributed by atoms with Crippen LogP contribution in [-0.4, -0.2) is 71.8 Å². The van der Waals surface area contributed by atoms with E-state index in [0.29, 0.717) is 24.5 Å². The van der Waals surface area contributed by atoms with Gasteiger partial charge >= 0.3 is 0 Å². The highest BCUT2D eigenvalue weighted by atomic mass is 127. The summed E-state index contributed by atoms with van der Waals surface area (Å²) < 4.78 is 0. The number of aliphatic hydroxyl groups is 1. The molecule has 2 aliphatic heterocycles. The Bertz CT molecular complexity index is 375. The molecule has 0 aromatic heterocycles. The van der Waals surface area contributed by atoms with Gasteiger partial charge in [-0.05, 0) is 31.9 Å². The van der Waals surface area contributed by atoms with Crippen molar-refractivity contribution < 1.29 is 5.11 Å². The van der Waals surface area contributed by atoms with Crippen LogP contribution in [0.3, 0.4) is 0 Å². The molecule has 3 N–H and O–H groups in total. The van der Waals surface area contributed by atoms with Crippen LogP contribution in [0.15, 0.2) is 4.99 Å². The summed E-state index contributed by atoms with van der Waals surface area (Å²) in [6.45, 7) is 9.54. The smallest absolute Gasteiger partial charge is 0.191 e. The Morgan fingerprint density at radius 2 is 2.18 bits per heavy atom. The van der Waals surface area contributed by atoms with Crippen molar-refractivity contribution in [3.8, 4) is 0 Å². The number of guanidine groups is 1. The topological polar surface area (TPSA) is 59.9 Å². The molecule has 0 aliphatic carbocycles. The standard InChI is InChI=1S/C15H30N4OS.HI/c1-11(2)19-7-12(3)13(8-19)18-14(16-4)17-9-15(20)5-6-21-10-15;/h11-13,20H,5-10H2,1-4H3,(H2,16,17,18);1H. The molecule has 2 rings (SSSR count). The second kappa shape index (κ2) is 8.94. The molecule has 22 heavy (non-hydrogen) atoms. The number of nitrogens with zero attached hydrogens (tertiary/aromatic N) is 2. The van der Waals surface area contributed by atoms with Crippen LogP contribution in [0, 0.1) is 5.92 Å². The van der Waals surface area contributed by atoms with E-state index in [2.05, 4.69) is 41.3 Å². The Kier molecular flexibility index (Phi) is 8.25. The summed E-state index contributed by atoms with van der Waals surface area (Å²) in [6.07, 6.45) is 0.864. The van der Waals surface area contributed by atoms with Crippen LogP contribution in [0.25, 0.3) is 0 Å². The van der Waals surface area contributed by atoms with Crippen molar-refractivity contribution in [2.24, 2.45) is 10.9 Å². The number of hydrogen-bond acceptors (Lipinski definition) is 4. The lowest BCUT2D eigenvalue weighted by atomic mass is 10.0.